The highest BCUT2D eigenvalue weighted by Crippen LogP contribution is 2.17. The highest BCUT2D eigenvalue weighted by Gasteiger charge is 2.22. The average Bonchev–Trinajstić information content (AvgIpc) is 2.53. The highest BCUT2D eigenvalue weighted by atomic mass is 17.1. The second kappa shape index (κ2) is 15.8. The fourth-order valence-electron chi connectivity index (χ4n) is 2.82. The van der Waals surface area contributed by atoms with Crippen LogP contribution in [0.15, 0.2) is 0 Å². The summed E-state index contributed by atoms with van der Waals surface area (Å²) >= 11 is 0. The van der Waals surface area contributed by atoms with Crippen molar-refractivity contribution in [1.82, 2.24) is 0 Å². The molecular weight excluding hydrogens is 296 g/mol. The fraction of sp³-hybridized carbons (Fsp3) is 0.889. The fourth-order valence-corrected chi connectivity index (χ4v) is 2.82. The minimum atomic E-state index is -1.04. The Hall–Kier alpha value is -1.10. The highest BCUT2D eigenvalue weighted by molar-refractivity contribution is 5.78. The van der Waals surface area contributed by atoms with Crippen molar-refractivity contribution in [3.8, 4) is 0 Å². The molecule has 0 spiro atoms. The van der Waals surface area contributed by atoms with E-state index in [1.807, 2.05) is 0 Å². The van der Waals surface area contributed by atoms with Gasteiger partial charge in [0.15, 0.2) is 0 Å². The van der Waals surface area contributed by atoms with E-state index in [4.69, 9.17) is 10.4 Å². The standard InChI is InChI=1S/C18H34O5/c1-2-3-4-5-6-7-8-9-10-11-12-13-14-16(15-17(19)20)18(21)23-22/h16,22H,2-15H2,1H3,(H,19,20). The molecule has 0 aliphatic rings. The number of unbranched alkanes of at least 4 members (excludes halogenated alkanes) is 11. The maximum atomic E-state index is 11.2. The molecule has 0 aliphatic carbocycles. The molecule has 0 amide bonds. The van der Waals surface area contributed by atoms with E-state index in [1.54, 1.807) is 0 Å². The third-order valence-corrected chi connectivity index (χ3v) is 4.25. The van der Waals surface area contributed by atoms with Gasteiger partial charge in [-0.25, -0.2) is 4.79 Å². The van der Waals surface area contributed by atoms with Crippen molar-refractivity contribution in [2.24, 2.45) is 5.92 Å². The van der Waals surface area contributed by atoms with E-state index < -0.39 is 17.9 Å². The maximum absolute atomic E-state index is 11.2. The molecule has 0 rings (SSSR count). The van der Waals surface area contributed by atoms with Crippen LogP contribution >= 0.6 is 0 Å². The van der Waals surface area contributed by atoms with Gasteiger partial charge in [0, 0.05) is 0 Å². The summed E-state index contributed by atoms with van der Waals surface area (Å²) in [5.41, 5.74) is 0. The van der Waals surface area contributed by atoms with E-state index in [9.17, 15) is 9.59 Å². The molecule has 1 atom stereocenters. The van der Waals surface area contributed by atoms with Gasteiger partial charge in [-0.3, -0.25) is 4.79 Å². The van der Waals surface area contributed by atoms with Crippen molar-refractivity contribution < 1.29 is 24.8 Å². The van der Waals surface area contributed by atoms with Crippen molar-refractivity contribution in [2.75, 3.05) is 0 Å². The number of carboxylic acids is 1. The third-order valence-electron chi connectivity index (χ3n) is 4.25. The summed E-state index contributed by atoms with van der Waals surface area (Å²) in [6.07, 6.45) is 14.9. The van der Waals surface area contributed by atoms with Crippen LogP contribution in [0.4, 0.5) is 0 Å². The number of rotatable bonds is 16. The van der Waals surface area contributed by atoms with Crippen LogP contribution in [0.1, 0.15) is 96.8 Å². The van der Waals surface area contributed by atoms with Gasteiger partial charge in [0.25, 0.3) is 0 Å². The number of hydrogen-bond donors (Lipinski definition) is 2. The second-order valence-corrected chi connectivity index (χ2v) is 6.38. The first kappa shape index (κ1) is 21.9. The van der Waals surface area contributed by atoms with Crippen molar-refractivity contribution in [3.05, 3.63) is 0 Å². The van der Waals surface area contributed by atoms with Crippen molar-refractivity contribution in [3.63, 3.8) is 0 Å². The summed E-state index contributed by atoms with van der Waals surface area (Å²) in [5, 5.41) is 17.1. The lowest BCUT2D eigenvalue weighted by Gasteiger charge is -2.10. The van der Waals surface area contributed by atoms with E-state index in [0.717, 1.165) is 19.3 Å². The van der Waals surface area contributed by atoms with Crippen molar-refractivity contribution in [1.29, 1.82) is 0 Å². The van der Waals surface area contributed by atoms with E-state index in [2.05, 4.69) is 11.8 Å². The van der Waals surface area contributed by atoms with Gasteiger partial charge in [0.1, 0.15) is 0 Å². The Bertz CT molecular complexity index is 304. The van der Waals surface area contributed by atoms with Crippen LogP contribution in [0.2, 0.25) is 0 Å². The summed E-state index contributed by atoms with van der Waals surface area (Å²) in [5.74, 6) is -2.62. The van der Waals surface area contributed by atoms with Crippen LogP contribution in [-0.2, 0) is 14.5 Å². The molecule has 0 heterocycles. The average molecular weight is 330 g/mol. The van der Waals surface area contributed by atoms with Gasteiger partial charge in [-0.15, -0.1) is 0 Å². The topological polar surface area (TPSA) is 83.8 Å². The zero-order chi connectivity index (χ0) is 17.3. The Morgan fingerprint density at radius 1 is 0.826 bits per heavy atom. The second-order valence-electron chi connectivity index (χ2n) is 6.38. The van der Waals surface area contributed by atoms with Gasteiger partial charge in [-0.1, -0.05) is 84.0 Å². The normalized spacial score (nSPS) is 12.1. The Balaban J connectivity index is 3.45. The van der Waals surface area contributed by atoms with Crippen LogP contribution < -0.4 is 0 Å². The zero-order valence-corrected chi connectivity index (χ0v) is 14.6. The molecule has 0 aromatic rings. The van der Waals surface area contributed by atoms with Crippen molar-refractivity contribution >= 4 is 11.9 Å². The molecule has 0 radical (unpaired) electrons. The summed E-state index contributed by atoms with van der Waals surface area (Å²) < 4.78 is 0. The molecule has 0 aromatic heterocycles. The first-order chi connectivity index (χ1) is 11.1. The monoisotopic (exact) mass is 330 g/mol. The van der Waals surface area contributed by atoms with E-state index >= 15 is 0 Å². The number of aliphatic carboxylic acids is 1. The summed E-state index contributed by atoms with van der Waals surface area (Å²) in [6.45, 7) is 2.23. The number of hydrogen-bond acceptors (Lipinski definition) is 4. The molecule has 0 aliphatic heterocycles. The largest absolute Gasteiger partial charge is 0.481 e. The van der Waals surface area contributed by atoms with Gasteiger partial charge in [0.05, 0.1) is 12.3 Å². The van der Waals surface area contributed by atoms with E-state index in [0.29, 0.717) is 6.42 Å². The first-order valence-corrected chi connectivity index (χ1v) is 9.18. The van der Waals surface area contributed by atoms with Gasteiger partial charge in [0.2, 0.25) is 0 Å². The quantitative estimate of drug-likeness (QED) is 0.231. The Morgan fingerprint density at radius 3 is 1.65 bits per heavy atom. The lowest BCUT2D eigenvalue weighted by molar-refractivity contribution is -0.239. The molecule has 5 heteroatoms. The van der Waals surface area contributed by atoms with E-state index in [1.165, 1.54) is 57.8 Å². The molecule has 23 heavy (non-hydrogen) atoms. The number of carbonyl (C=O) groups is 2. The zero-order valence-electron chi connectivity index (χ0n) is 14.6. The van der Waals surface area contributed by atoms with Crippen LogP contribution in [0.25, 0.3) is 0 Å². The van der Waals surface area contributed by atoms with Crippen LogP contribution in [0.5, 0.6) is 0 Å². The summed E-state index contributed by atoms with van der Waals surface area (Å²) in [6, 6.07) is 0. The minimum Gasteiger partial charge on any atom is -0.481 e. The SMILES string of the molecule is CCCCCCCCCCCCCCC(CC(=O)O)C(=O)OO. The minimum absolute atomic E-state index is 0.280. The van der Waals surface area contributed by atoms with E-state index in [-0.39, 0.29) is 6.42 Å². The van der Waals surface area contributed by atoms with Gasteiger partial charge < -0.3 is 9.99 Å². The molecule has 0 saturated carbocycles. The summed E-state index contributed by atoms with van der Waals surface area (Å²) in [7, 11) is 0. The predicted molar refractivity (Wildman–Crippen MR) is 90.2 cm³/mol. The molecule has 1 unspecified atom stereocenters. The molecule has 136 valence electrons. The van der Waals surface area contributed by atoms with Gasteiger partial charge in [-0.2, -0.15) is 5.26 Å². The van der Waals surface area contributed by atoms with Crippen LogP contribution in [0.3, 0.4) is 0 Å². The lowest BCUT2D eigenvalue weighted by atomic mass is 9.97. The van der Waals surface area contributed by atoms with Crippen LogP contribution in [0, 0.1) is 5.92 Å². The third kappa shape index (κ3) is 14.2. The van der Waals surface area contributed by atoms with Gasteiger partial charge in [-0.05, 0) is 6.42 Å². The molecule has 0 fully saturated rings. The molecule has 0 bridgehead atoms. The smallest absolute Gasteiger partial charge is 0.345 e. The predicted octanol–water partition coefficient (Wildman–Crippen LogP) is 5.18. The van der Waals surface area contributed by atoms with Crippen molar-refractivity contribution in [2.45, 2.75) is 96.8 Å². The molecule has 5 nitrogen and oxygen atoms in total. The number of carbonyl (C=O) groups excluding carboxylic acids is 1. The Kier molecular flexibility index (Phi) is 15.0. The van der Waals surface area contributed by atoms with Gasteiger partial charge >= 0.3 is 11.9 Å². The Labute approximate surface area is 140 Å². The molecular formula is C18H34O5. The molecule has 0 aromatic carbocycles. The Morgan fingerprint density at radius 2 is 1.26 bits per heavy atom. The molecule has 0 saturated heterocycles. The first-order valence-electron chi connectivity index (χ1n) is 9.18. The van der Waals surface area contributed by atoms with Crippen LogP contribution in [-0.4, -0.2) is 22.3 Å². The maximum Gasteiger partial charge on any atom is 0.345 e. The number of carboxylic acid groups (broad SMARTS) is 1. The lowest BCUT2D eigenvalue weighted by Crippen LogP contribution is -2.19. The molecule has 2 N–H and O–H groups in total. The summed E-state index contributed by atoms with van der Waals surface area (Å²) in [4.78, 5) is 25.6.